The van der Waals surface area contributed by atoms with Crippen LogP contribution in [0.2, 0.25) is 0 Å². The molecule has 6 rings (SSSR count). The standard InChI is InChI=1S/C32H24FN3O5/c1-38-26-14-8-15-27-23(26)17-29(41-27)31-35-25-13-6-4-11-22(25)32(37)36(31)34-18-20-10-7-16-28(39-2)30(20)40-19-21-9-3-5-12-24(21)33/h3-18H,19H2,1-2H3. The maximum Gasteiger partial charge on any atom is 0.282 e. The summed E-state index contributed by atoms with van der Waals surface area (Å²) in [5.74, 6) is 1.58. The number of benzene rings is 4. The molecule has 6 aromatic rings. The summed E-state index contributed by atoms with van der Waals surface area (Å²) in [7, 11) is 3.09. The van der Waals surface area contributed by atoms with Gasteiger partial charge in [-0.15, -0.1) is 0 Å². The van der Waals surface area contributed by atoms with Crippen LogP contribution in [0.15, 0.2) is 105 Å². The molecule has 4 aromatic carbocycles. The summed E-state index contributed by atoms with van der Waals surface area (Å²) in [6.45, 7) is -0.0303. The third-order valence-electron chi connectivity index (χ3n) is 6.59. The van der Waals surface area contributed by atoms with Gasteiger partial charge in [0.15, 0.2) is 17.3 Å². The number of aromatic nitrogens is 2. The van der Waals surface area contributed by atoms with Crippen molar-refractivity contribution in [1.82, 2.24) is 9.66 Å². The highest BCUT2D eigenvalue weighted by atomic mass is 19.1. The molecule has 0 aliphatic carbocycles. The van der Waals surface area contributed by atoms with Crippen LogP contribution in [0.25, 0.3) is 33.5 Å². The lowest BCUT2D eigenvalue weighted by molar-refractivity contribution is 0.279. The van der Waals surface area contributed by atoms with Crippen LogP contribution in [0.1, 0.15) is 11.1 Å². The molecule has 8 nitrogen and oxygen atoms in total. The Morgan fingerprint density at radius 2 is 1.66 bits per heavy atom. The van der Waals surface area contributed by atoms with E-state index in [9.17, 15) is 9.18 Å². The zero-order chi connectivity index (χ0) is 28.3. The van der Waals surface area contributed by atoms with Gasteiger partial charge in [-0.3, -0.25) is 4.79 Å². The second-order valence-electron chi connectivity index (χ2n) is 9.06. The molecule has 0 aliphatic rings. The summed E-state index contributed by atoms with van der Waals surface area (Å²) in [6.07, 6.45) is 1.48. The highest BCUT2D eigenvalue weighted by molar-refractivity contribution is 5.89. The fraction of sp³-hybridized carbons (Fsp3) is 0.0938. The first-order chi connectivity index (χ1) is 20.1. The van der Waals surface area contributed by atoms with Crippen LogP contribution in [-0.4, -0.2) is 30.1 Å². The van der Waals surface area contributed by atoms with Gasteiger partial charge < -0.3 is 18.6 Å². The molecule has 2 aromatic heterocycles. The van der Waals surface area contributed by atoms with Crippen LogP contribution >= 0.6 is 0 Å². The Bertz CT molecular complexity index is 1980. The molecule has 0 saturated carbocycles. The van der Waals surface area contributed by atoms with Crippen LogP contribution < -0.4 is 19.8 Å². The van der Waals surface area contributed by atoms with Gasteiger partial charge in [-0.05, 0) is 48.5 Å². The average molecular weight is 550 g/mol. The average Bonchev–Trinajstić information content (AvgIpc) is 3.45. The van der Waals surface area contributed by atoms with E-state index >= 15 is 0 Å². The normalized spacial score (nSPS) is 11.4. The van der Waals surface area contributed by atoms with E-state index in [1.807, 2.05) is 24.3 Å². The molecule has 0 saturated heterocycles. The van der Waals surface area contributed by atoms with E-state index in [1.54, 1.807) is 67.8 Å². The fourth-order valence-electron chi connectivity index (χ4n) is 4.55. The molecule has 0 atom stereocenters. The highest BCUT2D eigenvalue weighted by Crippen LogP contribution is 2.34. The van der Waals surface area contributed by atoms with E-state index in [0.29, 0.717) is 50.6 Å². The minimum Gasteiger partial charge on any atom is -0.496 e. The molecule has 0 radical (unpaired) electrons. The van der Waals surface area contributed by atoms with Crippen molar-refractivity contribution in [3.63, 3.8) is 0 Å². The summed E-state index contributed by atoms with van der Waals surface area (Å²) in [5, 5.41) is 5.67. The number of methoxy groups -OCH3 is 2. The molecule has 41 heavy (non-hydrogen) atoms. The first-order valence-electron chi connectivity index (χ1n) is 12.7. The van der Waals surface area contributed by atoms with Crippen molar-refractivity contribution in [3.05, 3.63) is 118 Å². The van der Waals surface area contributed by atoms with Gasteiger partial charge in [-0.1, -0.05) is 42.5 Å². The third-order valence-corrected chi connectivity index (χ3v) is 6.59. The van der Waals surface area contributed by atoms with E-state index in [2.05, 4.69) is 5.10 Å². The van der Waals surface area contributed by atoms with Gasteiger partial charge in [0.1, 0.15) is 23.8 Å². The highest BCUT2D eigenvalue weighted by Gasteiger charge is 2.18. The van der Waals surface area contributed by atoms with Gasteiger partial charge in [0.05, 0.1) is 36.7 Å². The SMILES string of the molecule is COc1cccc(C=Nn2c(-c3cc4c(OC)cccc4o3)nc3ccccc3c2=O)c1OCc1ccccc1F. The fourth-order valence-corrected chi connectivity index (χ4v) is 4.55. The van der Waals surface area contributed by atoms with E-state index in [-0.39, 0.29) is 23.8 Å². The number of fused-ring (bicyclic) bond motifs is 2. The molecule has 0 N–H and O–H groups in total. The molecule has 0 unspecified atom stereocenters. The molecule has 0 amide bonds. The molecule has 2 heterocycles. The second-order valence-corrected chi connectivity index (χ2v) is 9.06. The summed E-state index contributed by atoms with van der Waals surface area (Å²) in [4.78, 5) is 18.4. The Hall–Kier alpha value is -5.44. The zero-order valence-electron chi connectivity index (χ0n) is 22.2. The predicted molar refractivity (Wildman–Crippen MR) is 154 cm³/mol. The van der Waals surface area contributed by atoms with E-state index < -0.39 is 0 Å². The molecule has 0 spiro atoms. The Morgan fingerprint density at radius 3 is 2.49 bits per heavy atom. The summed E-state index contributed by atoms with van der Waals surface area (Å²) >= 11 is 0. The molecule has 0 aliphatic heterocycles. The van der Waals surface area contributed by atoms with E-state index in [0.717, 1.165) is 5.39 Å². The van der Waals surface area contributed by atoms with Crippen LogP contribution in [0.3, 0.4) is 0 Å². The van der Waals surface area contributed by atoms with E-state index in [1.165, 1.54) is 24.1 Å². The van der Waals surface area contributed by atoms with Crippen LogP contribution in [0.4, 0.5) is 4.39 Å². The maximum atomic E-state index is 14.2. The van der Waals surface area contributed by atoms with Crippen LogP contribution in [-0.2, 0) is 6.61 Å². The summed E-state index contributed by atoms with van der Waals surface area (Å²) < 4.78 is 38.5. The molecule has 0 bridgehead atoms. The third kappa shape index (κ3) is 4.89. The van der Waals surface area contributed by atoms with Gasteiger partial charge in [0.25, 0.3) is 5.56 Å². The largest absolute Gasteiger partial charge is 0.496 e. The predicted octanol–water partition coefficient (Wildman–Crippen LogP) is 6.43. The first kappa shape index (κ1) is 25.8. The van der Waals surface area contributed by atoms with Gasteiger partial charge in [0.2, 0.25) is 5.82 Å². The molecule has 0 fully saturated rings. The quantitative estimate of drug-likeness (QED) is 0.204. The minimum atomic E-state index is -0.383. The van der Waals surface area contributed by atoms with Crippen molar-refractivity contribution in [3.8, 4) is 28.8 Å². The monoisotopic (exact) mass is 549 g/mol. The van der Waals surface area contributed by atoms with Crippen molar-refractivity contribution < 1.29 is 23.0 Å². The number of para-hydroxylation sites is 2. The molecule has 9 heteroatoms. The lowest BCUT2D eigenvalue weighted by Gasteiger charge is -2.14. The number of halogens is 1. The molecule has 204 valence electrons. The lowest BCUT2D eigenvalue weighted by atomic mass is 10.2. The summed E-state index contributed by atoms with van der Waals surface area (Å²) in [6, 6.07) is 25.9. The Morgan fingerprint density at radius 1 is 0.902 bits per heavy atom. The van der Waals surface area contributed by atoms with Crippen LogP contribution in [0.5, 0.6) is 17.2 Å². The number of ether oxygens (including phenoxy) is 3. The number of hydrogen-bond acceptors (Lipinski definition) is 7. The van der Waals surface area contributed by atoms with Crippen molar-refractivity contribution in [1.29, 1.82) is 0 Å². The van der Waals surface area contributed by atoms with Gasteiger partial charge >= 0.3 is 0 Å². The van der Waals surface area contributed by atoms with Gasteiger partial charge in [0, 0.05) is 11.1 Å². The molecular weight excluding hydrogens is 525 g/mol. The maximum absolute atomic E-state index is 14.2. The van der Waals surface area contributed by atoms with Gasteiger partial charge in [-0.25, -0.2) is 9.37 Å². The van der Waals surface area contributed by atoms with Crippen molar-refractivity contribution in [2.45, 2.75) is 6.61 Å². The van der Waals surface area contributed by atoms with E-state index in [4.69, 9.17) is 23.6 Å². The second kappa shape index (κ2) is 11.0. The number of hydrogen-bond donors (Lipinski definition) is 0. The van der Waals surface area contributed by atoms with Crippen molar-refractivity contribution in [2.75, 3.05) is 14.2 Å². The Labute approximate surface area is 233 Å². The Balaban J connectivity index is 1.47. The number of rotatable bonds is 8. The minimum absolute atomic E-state index is 0.0303. The number of furan rings is 1. The van der Waals surface area contributed by atoms with Crippen molar-refractivity contribution >= 4 is 28.1 Å². The Kier molecular flexibility index (Phi) is 6.91. The first-order valence-corrected chi connectivity index (χ1v) is 12.7. The lowest BCUT2D eigenvalue weighted by Crippen LogP contribution is -2.20. The van der Waals surface area contributed by atoms with Crippen LogP contribution in [0, 0.1) is 5.82 Å². The summed E-state index contributed by atoms with van der Waals surface area (Å²) in [5.41, 5.74) is 1.60. The topological polar surface area (TPSA) is 88.1 Å². The zero-order valence-corrected chi connectivity index (χ0v) is 22.2. The smallest absolute Gasteiger partial charge is 0.282 e. The van der Waals surface area contributed by atoms with Crippen molar-refractivity contribution in [2.24, 2.45) is 5.10 Å². The molecular formula is C32H24FN3O5. The van der Waals surface area contributed by atoms with Gasteiger partial charge in [-0.2, -0.15) is 9.78 Å². The number of nitrogens with zero attached hydrogens (tertiary/aromatic N) is 3.